The van der Waals surface area contributed by atoms with Crippen molar-refractivity contribution in [1.82, 2.24) is 20.1 Å². The third kappa shape index (κ3) is 4.51. The van der Waals surface area contributed by atoms with E-state index in [1.165, 1.54) is 23.9 Å². The lowest BCUT2D eigenvalue weighted by molar-refractivity contribution is -0.120. The highest BCUT2D eigenvalue weighted by atomic mass is 32.2. The fourth-order valence-electron chi connectivity index (χ4n) is 2.63. The van der Waals surface area contributed by atoms with Gasteiger partial charge in [0.2, 0.25) is 5.91 Å². The number of thioether (sulfide) groups is 1. The van der Waals surface area contributed by atoms with Gasteiger partial charge in [-0.05, 0) is 37.6 Å². The third-order valence-electron chi connectivity index (χ3n) is 4.16. The molecule has 0 saturated carbocycles. The predicted octanol–water partition coefficient (Wildman–Crippen LogP) is 3.97. The number of benzene rings is 1. The smallest absolute Gasteiger partial charge is 0.233 e. The van der Waals surface area contributed by atoms with Crippen molar-refractivity contribution in [2.24, 2.45) is 0 Å². The van der Waals surface area contributed by atoms with Crippen LogP contribution in [0.4, 0.5) is 4.39 Å². The zero-order valence-electron chi connectivity index (χ0n) is 15.7. The average Bonchev–Trinajstić information content (AvgIpc) is 3.27. The molecule has 0 spiro atoms. The molecule has 3 aromatic rings. The van der Waals surface area contributed by atoms with Gasteiger partial charge in [-0.25, -0.2) is 4.39 Å². The molecule has 146 valence electrons. The second-order valence-corrected chi connectivity index (χ2v) is 7.51. The lowest BCUT2D eigenvalue weighted by Gasteiger charge is -2.13. The number of nitrogens with zero attached hydrogens (tertiary/aromatic N) is 3. The molecule has 1 aromatic carbocycles. The number of amides is 1. The van der Waals surface area contributed by atoms with Crippen LogP contribution in [0.5, 0.6) is 0 Å². The van der Waals surface area contributed by atoms with Gasteiger partial charge in [0, 0.05) is 13.1 Å². The highest BCUT2D eigenvalue weighted by molar-refractivity contribution is 8.00. The summed E-state index contributed by atoms with van der Waals surface area (Å²) in [6, 6.07) is 7.88. The summed E-state index contributed by atoms with van der Waals surface area (Å²) in [6.45, 7) is 8.31. The fourth-order valence-corrected chi connectivity index (χ4v) is 3.52. The molecular formula is C20H21FN4O2S. The van der Waals surface area contributed by atoms with E-state index in [2.05, 4.69) is 22.1 Å². The second kappa shape index (κ2) is 8.88. The molecule has 1 atom stereocenters. The van der Waals surface area contributed by atoms with Crippen molar-refractivity contribution in [3.05, 3.63) is 66.4 Å². The van der Waals surface area contributed by atoms with Gasteiger partial charge in [0.05, 0.1) is 17.1 Å². The summed E-state index contributed by atoms with van der Waals surface area (Å²) in [5.41, 5.74) is 1.69. The molecule has 0 unspecified atom stereocenters. The van der Waals surface area contributed by atoms with Crippen LogP contribution >= 0.6 is 11.8 Å². The Labute approximate surface area is 166 Å². The van der Waals surface area contributed by atoms with E-state index in [0.29, 0.717) is 24.1 Å². The molecule has 0 bridgehead atoms. The Morgan fingerprint density at radius 2 is 2.11 bits per heavy atom. The number of halogens is 1. The van der Waals surface area contributed by atoms with Gasteiger partial charge in [-0.15, -0.1) is 16.8 Å². The van der Waals surface area contributed by atoms with Crippen molar-refractivity contribution < 1.29 is 13.6 Å². The van der Waals surface area contributed by atoms with Crippen molar-refractivity contribution in [1.29, 1.82) is 0 Å². The summed E-state index contributed by atoms with van der Waals surface area (Å²) in [7, 11) is 0. The van der Waals surface area contributed by atoms with Crippen LogP contribution in [0.15, 0.2) is 58.8 Å². The maximum Gasteiger partial charge on any atom is 0.233 e. The van der Waals surface area contributed by atoms with E-state index in [9.17, 15) is 9.18 Å². The molecule has 2 aromatic heterocycles. The van der Waals surface area contributed by atoms with E-state index in [1.807, 2.05) is 17.6 Å². The van der Waals surface area contributed by atoms with Crippen LogP contribution in [-0.4, -0.2) is 25.9 Å². The largest absolute Gasteiger partial charge is 0.469 e. The number of nitrogens with one attached hydrogen (secondary N) is 1. The summed E-state index contributed by atoms with van der Waals surface area (Å²) in [5.74, 6) is 0.986. The molecule has 3 rings (SSSR count). The molecule has 0 radical (unpaired) electrons. The molecule has 0 fully saturated rings. The number of hydrogen-bond acceptors (Lipinski definition) is 5. The van der Waals surface area contributed by atoms with Gasteiger partial charge >= 0.3 is 0 Å². The highest BCUT2D eigenvalue weighted by Crippen LogP contribution is 2.29. The van der Waals surface area contributed by atoms with Crippen LogP contribution in [0, 0.1) is 12.7 Å². The quantitative estimate of drug-likeness (QED) is 0.458. The molecule has 6 nitrogen and oxygen atoms in total. The summed E-state index contributed by atoms with van der Waals surface area (Å²) >= 11 is 1.32. The van der Waals surface area contributed by atoms with Crippen LogP contribution in [0.3, 0.4) is 0 Å². The van der Waals surface area contributed by atoms with Crippen molar-refractivity contribution in [2.75, 3.05) is 0 Å². The minimum atomic E-state index is -0.383. The van der Waals surface area contributed by atoms with Crippen LogP contribution < -0.4 is 5.32 Å². The Morgan fingerprint density at radius 3 is 2.75 bits per heavy atom. The minimum Gasteiger partial charge on any atom is -0.469 e. The second-order valence-electron chi connectivity index (χ2n) is 6.20. The number of furan rings is 1. The molecule has 2 heterocycles. The molecule has 1 amide bonds. The first-order valence-electron chi connectivity index (χ1n) is 8.77. The molecule has 28 heavy (non-hydrogen) atoms. The highest BCUT2D eigenvalue weighted by Gasteiger charge is 2.21. The van der Waals surface area contributed by atoms with Gasteiger partial charge in [-0.2, -0.15) is 0 Å². The first-order chi connectivity index (χ1) is 13.5. The molecule has 0 saturated heterocycles. The van der Waals surface area contributed by atoms with Crippen LogP contribution in [-0.2, 0) is 17.9 Å². The molecular weight excluding hydrogens is 379 g/mol. The Kier molecular flexibility index (Phi) is 6.30. The zero-order chi connectivity index (χ0) is 20.1. The van der Waals surface area contributed by atoms with Crippen molar-refractivity contribution in [3.8, 4) is 11.4 Å². The number of aryl methyl sites for hydroxylation is 1. The number of carbonyl (C=O) groups excluding carboxylic acids is 1. The van der Waals surface area contributed by atoms with Gasteiger partial charge in [-0.3, -0.25) is 9.36 Å². The third-order valence-corrected chi connectivity index (χ3v) is 5.24. The number of rotatable bonds is 8. The normalized spacial score (nSPS) is 12.0. The number of allylic oxidation sites excluding steroid dienone is 1. The number of aromatic nitrogens is 3. The van der Waals surface area contributed by atoms with Crippen LogP contribution in [0.25, 0.3) is 11.4 Å². The zero-order valence-corrected chi connectivity index (χ0v) is 16.5. The van der Waals surface area contributed by atoms with Gasteiger partial charge in [0.15, 0.2) is 11.0 Å². The Hall–Kier alpha value is -2.87. The maximum atomic E-state index is 13.0. The van der Waals surface area contributed by atoms with Gasteiger partial charge in [0.1, 0.15) is 11.6 Å². The molecule has 0 aliphatic rings. The van der Waals surface area contributed by atoms with Crippen LogP contribution in [0.2, 0.25) is 0 Å². The van der Waals surface area contributed by atoms with E-state index in [0.717, 1.165) is 16.9 Å². The maximum absolute atomic E-state index is 13.0. The topological polar surface area (TPSA) is 73.0 Å². The lowest BCUT2D eigenvalue weighted by atomic mass is 10.2. The monoisotopic (exact) mass is 400 g/mol. The van der Waals surface area contributed by atoms with E-state index in [4.69, 9.17) is 4.42 Å². The van der Waals surface area contributed by atoms with Gasteiger partial charge < -0.3 is 9.73 Å². The summed E-state index contributed by atoms with van der Waals surface area (Å²) in [6.07, 6.45) is 3.36. The standard InChI is InChI=1S/C20H21FN4O2S/c1-4-10-25-18(17-9-11-27-13(17)2)23-24-20(25)28-14(3)19(26)22-12-15-5-7-16(21)8-6-15/h4-9,11,14H,1,10,12H2,2-3H3,(H,22,26)/t14-/m0/s1. The van der Waals surface area contributed by atoms with Crippen molar-refractivity contribution in [3.63, 3.8) is 0 Å². The van der Waals surface area contributed by atoms with Gasteiger partial charge in [-0.1, -0.05) is 30.0 Å². The molecule has 0 aliphatic carbocycles. The predicted molar refractivity (Wildman–Crippen MR) is 106 cm³/mol. The molecule has 8 heteroatoms. The summed E-state index contributed by atoms with van der Waals surface area (Å²) in [5, 5.41) is 11.6. The van der Waals surface area contributed by atoms with Crippen LogP contribution in [0.1, 0.15) is 18.2 Å². The van der Waals surface area contributed by atoms with E-state index in [1.54, 1.807) is 31.4 Å². The van der Waals surface area contributed by atoms with Crippen molar-refractivity contribution in [2.45, 2.75) is 37.3 Å². The van der Waals surface area contributed by atoms with Gasteiger partial charge in [0.25, 0.3) is 0 Å². The average molecular weight is 400 g/mol. The molecule has 1 N–H and O–H groups in total. The number of hydrogen-bond donors (Lipinski definition) is 1. The van der Waals surface area contributed by atoms with E-state index >= 15 is 0 Å². The fraction of sp³-hybridized carbons (Fsp3) is 0.250. The Bertz CT molecular complexity index is 965. The first kappa shape index (κ1) is 19.9. The Balaban J connectivity index is 1.69. The van der Waals surface area contributed by atoms with E-state index in [-0.39, 0.29) is 17.0 Å². The lowest BCUT2D eigenvalue weighted by Crippen LogP contribution is -2.30. The summed E-state index contributed by atoms with van der Waals surface area (Å²) in [4.78, 5) is 12.4. The van der Waals surface area contributed by atoms with E-state index < -0.39 is 0 Å². The minimum absolute atomic E-state index is 0.136. The molecule has 0 aliphatic heterocycles. The summed E-state index contributed by atoms with van der Waals surface area (Å²) < 4.78 is 20.2. The first-order valence-corrected chi connectivity index (χ1v) is 9.65. The Morgan fingerprint density at radius 1 is 1.36 bits per heavy atom. The van der Waals surface area contributed by atoms with Crippen molar-refractivity contribution >= 4 is 17.7 Å². The SMILES string of the molecule is C=CCn1c(S[C@@H](C)C(=O)NCc2ccc(F)cc2)nnc1-c1ccoc1C. The number of carbonyl (C=O) groups is 1.